The maximum absolute atomic E-state index is 12.6. The molecule has 4 rings (SSSR count). The van der Waals surface area contributed by atoms with Crippen LogP contribution in [0.5, 0.6) is 0 Å². The van der Waals surface area contributed by atoms with Crippen molar-refractivity contribution in [3.05, 3.63) is 76.2 Å². The predicted molar refractivity (Wildman–Crippen MR) is 95.2 cm³/mol. The van der Waals surface area contributed by atoms with E-state index < -0.39 is 0 Å². The molecule has 4 nitrogen and oxygen atoms in total. The van der Waals surface area contributed by atoms with Gasteiger partial charge in [-0.1, -0.05) is 36.4 Å². The van der Waals surface area contributed by atoms with Gasteiger partial charge in [-0.3, -0.25) is 9.36 Å². The van der Waals surface area contributed by atoms with Crippen LogP contribution in [0.2, 0.25) is 0 Å². The standard InChI is InChI=1S/C20H18N2O2/c23-19(14-7-3-1-4-8-14)15-11-12-18-17(13-15)21-20(24)22(18)16-9-5-2-6-10-16/h1,3-4,7-9,11-13H,2,5-6,10H2,(H,21,24). The van der Waals surface area contributed by atoms with E-state index in [1.54, 1.807) is 28.8 Å². The minimum absolute atomic E-state index is 0.0389. The zero-order valence-electron chi connectivity index (χ0n) is 13.3. The number of nitrogens with one attached hydrogen (secondary N) is 1. The first-order chi connectivity index (χ1) is 11.7. The average Bonchev–Trinajstić information content (AvgIpc) is 2.97. The summed E-state index contributed by atoms with van der Waals surface area (Å²) in [4.78, 5) is 27.8. The number of hydrogen-bond donors (Lipinski definition) is 1. The zero-order chi connectivity index (χ0) is 16.5. The van der Waals surface area contributed by atoms with E-state index >= 15 is 0 Å². The van der Waals surface area contributed by atoms with Gasteiger partial charge in [0.25, 0.3) is 0 Å². The molecule has 1 aliphatic carbocycles. The molecule has 0 amide bonds. The summed E-state index contributed by atoms with van der Waals surface area (Å²) < 4.78 is 1.74. The second kappa shape index (κ2) is 5.96. The van der Waals surface area contributed by atoms with E-state index in [0.717, 1.165) is 30.5 Å². The number of allylic oxidation sites excluding steroid dienone is 2. The molecule has 0 spiro atoms. The maximum atomic E-state index is 12.6. The Morgan fingerprint density at radius 1 is 1.00 bits per heavy atom. The zero-order valence-corrected chi connectivity index (χ0v) is 13.3. The summed E-state index contributed by atoms with van der Waals surface area (Å²) in [5.74, 6) is -0.0389. The molecule has 0 saturated carbocycles. The molecule has 3 aromatic rings. The van der Waals surface area contributed by atoms with Gasteiger partial charge >= 0.3 is 5.69 Å². The van der Waals surface area contributed by atoms with Gasteiger partial charge in [0.05, 0.1) is 11.0 Å². The number of H-pyrrole nitrogens is 1. The Bertz CT molecular complexity index is 993. The molecule has 4 heteroatoms. The van der Waals surface area contributed by atoms with Gasteiger partial charge in [-0.05, 0) is 43.9 Å². The van der Waals surface area contributed by atoms with Crippen molar-refractivity contribution in [2.75, 3.05) is 0 Å². The third kappa shape index (κ3) is 2.50. The van der Waals surface area contributed by atoms with Gasteiger partial charge < -0.3 is 4.98 Å². The van der Waals surface area contributed by atoms with Crippen LogP contribution in [-0.4, -0.2) is 15.3 Å². The second-order valence-electron chi connectivity index (χ2n) is 6.13. The number of imidazole rings is 1. The highest BCUT2D eigenvalue weighted by molar-refractivity contribution is 6.10. The molecule has 2 aromatic carbocycles. The largest absolute Gasteiger partial charge is 0.330 e. The summed E-state index contributed by atoms with van der Waals surface area (Å²) in [5.41, 5.74) is 3.68. The summed E-state index contributed by atoms with van der Waals surface area (Å²) in [6, 6.07) is 14.6. The molecule has 1 N–H and O–H groups in total. The van der Waals surface area contributed by atoms with Gasteiger partial charge in [-0.25, -0.2) is 4.79 Å². The molecule has 0 bridgehead atoms. The highest BCUT2D eigenvalue weighted by atomic mass is 16.1. The van der Waals surface area contributed by atoms with Crippen LogP contribution >= 0.6 is 0 Å². The summed E-state index contributed by atoms with van der Waals surface area (Å²) >= 11 is 0. The molecule has 0 radical (unpaired) electrons. The first-order valence-corrected chi connectivity index (χ1v) is 8.28. The molecule has 0 saturated heterocycles. The lowest BCUT2D eigenvalue weighted by Crippen LogP contribution is -2.17. The monoisotopic (exact) mass is 318 g/mol. The van der Waals surface area contributed by atoms with Crippen molar-refractivity contribution in [1.82, 2.24) is 9.55 Å². The van der Waals surface area contributed by atoms with Gasteiger partial charge in [-0.15, -0.1) is 0 Å². The van der Waals surface area contributed by atoms with E-state index in [9.17, 15) is 9.59 Å². The Morgan fingerprint density at radius 3 is 2.58 bits per heavy atom. The van der Waals surface area contributed by atoms with Gasteiger partial charge in [0, 0.05) is 16.8 Å². The lowest BCUT2D eigenvalue weighted by Gasteiger charge is -2.13. The number of carbonyl (C=O) groups excluding carboxylic acids is 1. The third-order valence-corrected chi connectivity index (χ3v) is 4.53. The SMILES string of the molecule is O=C(c1ccccc1)c1ccc2c(c1)[nH]c(=O)n2C1=CCCCC1. The van der Waals surface area contributed by atoms with E-state index in [1.807, 2.05) is 24.3 Å². The van der Waals surface area contributed by atoms with Crippen LogP contribution in [0, 0.1) is 0 Å². The minimum Gasteiger partial charge on any atom is -0.305 e. The predicted octanol–water partition coefficient (Wildman–Crippen LogP) is 3.98. The molecule has 0 aliphatic heterocycles. The van der Waals surface area contributed by atoms with Gasteiger partial charge in [-0.2, -0.15) is 0 Å². The van der Waals surface area contributed by atoms with Crippen LogP contribution < -0.4 is 5.69 Å². The summed E-state index contributed by atoms with van der Waals surface area (Å²) in [6.45, 7) is 0. The van der Waals surface area contributed by atoms with E-state index in [4.69, 9.17) is 0 Å². The molecule has 0 fully saturated rings. The van der Waals surface area contributed by atoms with Gasteiger partial charge in [0.2, 0.25) is 0 Å². The Kier molecular flexibility index (Phi) is 3.65. The normalized spacial score (nSPS) is 14.6. The molecule has 0 atom stereocenters. The van der Waals surface area contributed by atoms with E-state index in [2.05, 4.69) is 11.1 Å². The topological polar surface area (TPSA) is 54.9 Å². The number of ketones is 1. The molecule has 1 heterocycles. The Balaban J connectivity index is 1.79. The lowest BCUT2D eigenvalue weighted by atomic mass is 10.0. The second-order valence-corrected chi connectivity index (χ2v) is 6.13. The average molecular weight is 318 g/mol. The molecular weight excluding hydrogens is 300 g/mol. The van der Waals surface area contributed by atoms with Crippen molar-refractivity contribution in [3.8, 4) is 0 Å². The fourth-order valence-corrected chi connectivity index (χ4v) is 3.32. The number of carbonyl (C=O) groups is 1. The first-order valence-electron chi connectivity index (χ1n) is 8.28. The van der Waals surface area contributed by atoms with E-state index in [0.29, 0.717) is 16.6 Å². The Labute approximate surface area is 139 Å². The van der Waals surface area contributed by atoms with Crippen molar-refractivity contribution in [3.63, 3.8) is 0 Å². The lowest BCUT2D eigenvalue weighted by molar-refractivity contribution is 0.103. The Hall–Kier alpha value is -2.88. The van der Waals surface area contributed by atoms with Crippen molar-refractivity contribution in [2.24, 2.45) is 0 Å². The third-order valence-electron chi connectivity index (χ3n) is 4.53. The number of nitrogens with zero attached hydrogens (tertiary/aromatic N) is 1. The summed E-state index contributed by atoms with van der Waals surface area (Å²) in [5, 5.41) is 0. The molecular formula is C20H18N2O2. The van der Waals surface area contributed by atoms with Crippen LogP contribution in [-0.2, 0) is 0 Å². The summed E-state index contributed by atoms with van der Waals surface area (Å²) in [6.07, 6.45) is 6.35. The molecule has 1 aliphatic rings. The van der Waals surface area contributed by atoms with Gasteiger partial charge in [0.1, 0.15) is 0 Å². The fourth-order valence-electron chi connectivity index (χ4n) is 3.32. The van der Waals surface area contributed by atoms with Crippen molar-refractivity contribution < 1.29 is 4.79 Å². The first kappa shape index (κ1) is 14.7. The highest BCUT2D eigenvalue weighted by Gasteiger charge is 2.15. The van der Waals surface area contributed by atoms with Crippen molar-refractivity contribution >= 4 is 22.5 Å². The Morgan fingerprint density at radius 2 is 1.83 bits per heavy atom. The van der Waals surface area contributed by atoms with Crippen LogP contribution in [0.1, 0.15) is 41.6 Å². The van der Waals surface area contributed by atoms with E-state index in [-0.39, 0.29) is 11.5 Å². The van der Waals surface area contributed by atoms with Crippen LogP contribution in [0.4, 0.5) is 0 Å². The molecule has 1 aromatic heterocycles. The minimum atomic E-state index is -0.137. The molecule has 24 heavy (non-hydrogen) atoms. The van der Waals surface area contributed by atoms with Crippen LogP contribution in [0.15, 0.2) is 59.4 Å². The number of fused-ring (bicyclic) bond motifs is 1. The quantitative estimate of drug-likeness (QED) is 0.743. The maximum Gasteiger partial charge on any atom is 0.330 e. The number of rotatable bonds is 3. The molecule has 0 unspecified atom stereocenters. The number of hydrogen-bond acceptors (Lipinski definition) is 2. The van der Waals surface area contributed by atoms with Gasteiger partial charge in [0.15, 0.2) is 5.78 Å². The summed E-state index contributed by atoms with van der Waals surface area (Å²) in [7, 11) is 0. The number of aromatic nitrogens is 2. The highest BCUT2D eigenvalue weighted by Crippen LogP contribution is 2.24. The number of aromatic amines is 1. The van der Waals surface area contributed by atoms with Crippen LogP contribution in [0.25, 0.3) is 16.7 Å². The van der Waals surface area contributed by atoms with Crippen LogP contribution in [0.3, 0.4) is 0 Å². The fraction of sp³-hybridized carbons (Fsp3) is 0.200. The number of benzene rings is 2. The van der Waals surface area contributed by atoms with Crippen molar-refractivity contribution in [1.29, 1.82) is 0 Å². The van der Waals surface area contributed by atoms with Crippen molar-refractivity contribution in [2.45, 2.75) is 25.7 Å². The van der Waals surface area contributed by atoms with E-state index in [1.165, 1.54) is 6.42 Å². The molecule has 120 valence electrons. The smallest absolute Gasteiger partial charge is 0.305 e.